The molecule has 6 nitrogen and oxygen atoms in total. The molecular formula is C31H37N2O4P. The topological polar surface area (TPSA) is 84.2 Å². The molecule has 1 atom stereocenters. The molecule has 0 aliphatic heterocycles. The molecule has 0 bridgehead atoms. The van der Waals surface area contributed by atoms with E-state index in [-0.39, 0.29) is 11.7 Å². The Hall–Kier alpha value is -3.18. The van der Waals surface area contributed by atoms with Crippen LogP contribution in [-0.2, 0) is 13.6 Å². The van der Waals surface area contributed by atoms with E-state index in [9.17, 15) is 9.36 Å². The van der Waals surface area contributed by atoms with Gasteiger partial charge in [-0.3, -0.25) is 18.4 Å². The molecule has 0 spiro atoms. The molecule has 2 N–H and O–H groups in total. The van der Waals surface area contributed by atoms with Crippen LogP contribution in [0.3, 0.4) is 0 Å². The van der Waals surface area contributed by atoms with Crippen LogP contribution in [-0.4, -0.2) is 27.0 Å². The summed E-state index contributed by atoms with van der Waals surface area (Å²) in [6.07, 6.45) is 1.88. The highest BCUT2D eigenvalue weighted by molar-refractivity contribution is 7.62. The lowest BCUT2D eigenvalue weighted by Gasteiger charge is -2.32. The second kappa shape index (κ2) is 10.5. The zero-order valence-electron chi connectivity index (χ0n) is 23.2. The van der Waals surface area contributed by atoms with Gasteiger partial charge in [0.25, 0.3) is 0 Å². The van der Waals surface area contributed by atoms with Crippen molar-refractivity contribution >= 4 is 18.7 Å². The van der Waals surface area contributed by atoms with E-state index < -0.39 is 18.8 Å². The Bertz CT molecular complexity index is 1400. The molecule has 0 radical (unpaired) electrons. The summed E-state index contributed by atoms with van der Waals surface area (Å²) in [5.41, 5.74) is 3.76. The van der Waals surface area contributed by atoms with Gasteiger partial charge in [0, 0.05) is 23.1 Å². The number of H-pyrrole nitrogens is 2. The van der Waals surface area contributed by atoms with Crippen molar-refractivity contribution in [3.63, 3.8) is 0 Å². The van der Waals surface area contributed by atoms with Gasteiger partial charge in [-0.1, -0.05) is 42.0 Å². The molecule has 0 aliphatic carbocycles. The molecule has 4 rings (SSSR count). The fourth-order valence-corrected chi connectivity index (χ4v) is 6.52. The molecule has 7 heteroatoms. The van der Waals surface area contributed by atoms with Crippen LogP contribution in [0.25, 0.3) is 0 Å². The first-order valence-corrected chi connectivity index (χ1v) is 14.3. The Kier molecular flexibility index (Phi) is 7.72. The third-order valence-electron chi connectivity index (χ3n) is 5.84. The molecule has 2 aromatic carbocycles. The maximum Gasteiger partial charge on any atom is 0.362 e. The molecule has 2 heterocycles. The van der Waals surface area contributed by atoms with Crippen molar-refractivity contribution < 1.29 is 18.4 Å². The normalized spacial score (nSPS) is 13.4. The fourth-order valence-electron chi connectivity index (χ4n) is 4.32. The molecule has 38 heavy (non-hydrogen) atoms. The van der Waals surface area contributed by atoms with Crippen molar-refractivity contribution in [2.24, 2.45) is 0 Å². The van der Waals surface area contributed by atoms with Crippen molar-refractivity contribution in [3.8, 4) is 0 Å². The van der Waals surface area contributed by atoms with E-state index in [4.69, 9.17) is 9.05 Å². The zero-order chi connectivity index (χ0) is 27.7. The van der Waals surface area contributed by atoms with E-state index in [0.29, 0.717) is 16.6 Å². The Morgan fingerprint density at radius 2 is 1.39 bits per heavy atom. The fraction of sp³-hybridized carbons (Fsp3) is 0.323. The number of benzene rings is 2. The van der Waals surface area contributed by atoms with Crippen molar-refractivity contribution in [2.45, 2.75) is 65.6 Å². The molecule has 0 aliphatic rings. The molecule has 0 saturated heterocycles. The number of carbonyl (C=O) groups excluding carboxylic acids is 1. The van der Waals surface area contributed by atoms with Gasteiger partial charge >= 0.3 is 7.60 Å². The van der Waals surface area contributed by atoms with Gasteiger partial charge in [0.15, 0.2) is 0 Å². The summed E-state index contributed by atoms with van der Waals surface area (Å²) in [5, 5.41) is 0.498. The highest BCUT2D eigenvalue weighted by atomic mass is 31.2. The number of aromatic nitrogens is 2. The first-order valence-electron chi connectivity index (χ1n) is 12.8. The van der Waals surface area contributed by atoms with Gasteiger partial charge in [0.2, 0.25) is 5.78 Å². The van der Waals surface area contributed by atoms with Crippen LogP contribution in [0, 0.1) is 6.92 Å². The number of hydrogen-bond acceptors (Lipinski definition) is 4. The quantitative estimate of drug-likeness (QED) is 0.182. The van der Waals surface area contributed by atoms with E-state index in [1.54, 1.807) is 0 Å². The van der Waals surface area contributed by atoms with Crippen LogP contribution in [0.2, 0.25) is 0 Å². The van der Waals surface area contributed by atoms with E-state index in [1.165, 1.54) is 0 Å². The number of aryl methyl sites for hydroxylation is 1. The maximum atomic E-state index is 14.0. The Balaban J connectivity index is 1.69. The van der Waals surface area contributed by atoms with Crippen LogP contribution >= 0.6 is 7.60 Å². The summed E-state index contributed by atoms with van der Waals surface area (Å²) in [7, 11) is -3.60. The van der Waals surface area contributed by atoms with Crippen molar-refractivity contribution in [1.82, 2.24) is 9.97 Å². The number of nitrogens with one attached hydrogen (secondary N) is 2. The highest BCUT2D eigenvalue weighted by Crippen LogP contribution is 2.53. The standard InChI is InChI=1S/C31H37N2O4P/c1-21-10-12-23(13-11-21)29(34)27-19-18-26(33-27)28(25-9-8-20-32-25)22-14-16-24(17-15-22)38(35,36-30(2,3)4)37-31(5,6)7/h8-20,28,32-33H,1-7H3. The monoisotopic (exact) mass is 532 g/mol. The van der Waals surface area contributed by atoms with E-state index in [1.807, 2.05) is 127 Å². The predicted molar refractivity (Wildman–Crippen MR) is 153 cm³/mol. The molecule has 2 aromatic heterocycles. The molecule has 4 aromatic rings. The minimum Gasteiger partial charge on any atom is -0.364 e. The van der Waals surface area contributed by atoms with Crippen molar-refractivity contribution in [1.29, 1.82) is 0 Å². The average molecular weight is 533 g/mol. The first kappa shape index (κ1) is 27.8. The second-order valence-corrected chi connectivity index (χ2v) is 13.5. The van der Waals surface area contributed by atoms with Gasteiger partial charge in [-0.05, 0) is 90.4 Å². The Labute approximate surface area is 225 Å². The van der Waals surface area contributed by atoms with Gasteiger partial charge in [0.1, 0.15) is 0 Å². The highest BCUT2D eigenvalue weighted by Gasteiger charge is 2.37. The SMILES string of the molecule is Cc1ccc(C(=O)c2ccc(C(c3ccc(P(=O)(OC(C)(C)C)OC(C)(C)C)cc3)c3ccc[nH]3)[nH]2)cc1. The van der Waals surface area contributed by atoms with Gasteiger partial charge < -0.3 is 9.97 Å². The molecule has 0 saturated carbocycles. The minimum atomic E-state index is -3.60. The molecule has 0 amide bonds. The average Bonchev–Trinajstić information content (AvgIpc) is 3.50. The van der Waals surface area contributed by atoms with Crippen LogP contribution < -0.4 is 5.30 Å². The lowest BCUT2D eigenvalue weighted by Crippen LogP contribution is -2.28. The molecule has 1 unspecified atom stereocenters. The number of ketones is 1. The lowest BCUT2D eigenvalue weighted by atomic mass is 9.93. The summed E-state index contributed by atoms with van der Waals surface area (Å²) in [6, 6.07) is 22.8. The summed E-state index contributed by atoms with van der Waals surface area (Å²) in [6.45, 7) is 13.2. The molecular weight excluding hydrogens is 495 g/mol. The zero-order valence-corrected chi connectivity index (χ0v) is 24.1. The van der Waals surface area contributed by atoms with Crippen molar-refractivity contribution in [3.05, 3.63) is 113 Å². The van der Waals surface area contributed by atoms with Crippen molar-refractivity contribution in [2.75, 3.05) is 0 Å². The third kappa shape index (κ3) is 6.63. The summed E-state index contributed by atoms with van der Waals surface area (Å²) in [4.78, 5) is 19.8. The van der Waals surface area contributed by atoms with E-state index >= 15 is 0 Å². The third-order valence-corrected chi connectivity index (χ3v) is 8.35. The largest absolute Gasteiger partial charge is 0.364 e. The second-order valence-electron chi connectivity index (χ2n) is 11.6. The summed E-state index contributed by atoms with van der Waals surface area (Å²) in [5.74, 6) is -0.249. The van der Waals surface area contributed by atoms with Crippen LogP contribution in [0.1, 0.15) is 86.0 Å². The molecule has 200 valence electrons. The van der Waals surface area contributed by atoms with Gasteiger partial charge in [-0.15, -0.1) is 0 Å². The van der Waals surface area contributed by atoms with E-state index in [0.717, 1.165) is 22.5 Å². The maximum absolute atomic E-state index is 14.0. The summed E-state index contributed by atoms with van der Waals surface area (Å²) < 4.78 is 26.0. The van der Waals surface area contributed by atoms with Crippen LogP contribution in [0.15, 0.2) is 79.0 Å². The van der Waals surface area contributed by atoms with Crippen LogP contribution in [0.4, 0.5) is 0 Å². The first-order chi connectivity index (χ1) is 17.7. The Morgan fingerprint density at radius 3 is 1.92 bits per heavy atom. The predicted octanol–water partition coefficient (Wildman–Crippen LogP) is 7.51. The van der Waals surface area contributed by atoms with Gasteiger partial charge in [-0.25, -0.2) is 0 Å². The minimum absolute atomic E-state index is 0.0589. The molecule has 0 fully saturated rings. The smallest absolute Gasteiger partial charge is 0.362 e. The number of rotatable bonds is 8. The Morgan fingerprint density at radius 1 is 0.789 bits per heavy atom. The van der Waals surface area contributed by atoms with Crippen LogP contribution in [0.5, 0.6) is 0 Å². The lowest BCUT2D eigenvalue weighted by molar-refractivity contribution is 0.0548. The number of aromatic amines is 2. The van der Waals surface area contributed by atoms with Gasteiger partial charge in [-0.2, -0.15) is 0 Å². The van der Waals surface area contributed by atoms with Gasteiger partial charge in [0.05, 0.1) is 28.1 Å². The summed E-state index contributed by atoms with van der Waals surface area (Å²) >= 11 is 0. The number of hydrogen-bond donors (Lipinski definition) is 2. The number of carbonyl (C=O) groups is 1. The van der Waals surface area contributed by atoms with E-state index in [2.05, 4.69) is 9.97 Å².